The molecule has 0 aliphatic rings. The third kappa shape index (κ3) is 3.19. The lowest BCUT2D eigenvalue weighted by atomic mass is 10.2. The van der Waals surface area contributed by atoms with Gasteiger partial charge in [0.1, 0.15) is 5.75 Å². The van der Waals surface area contributed by atoms with Crippen LogP contribution in [0.2, 0.25) is 5.02 Å². The van der Waals surface area contributed by atoms with Crippen LogP contribution in [0.5, 0.6) is 5.75 Å². The van der Waals surface area contributed by atoms with Crippen LogP contribution in [0.1, 0.15) is 10.4 Å². The molecule has 4 N–H and O–H groups in total. The van der Waals surface area contributed by atoms with E-state index in [0.717, 1.165) is 4.47 Å². The fourth-order valence-electron chi connectivity index (χ4n) is 1.52. The van der Waals surface area contributed by atoms with Gasteiger partial charge in [-0.1, -0.05) is 11.6 Å². The second-order valence-electron chi connectivity index (χ2n) is 3.85. The molecule has 0 spiro atoms. The first-order valence-electron chi connectivity index (χ1n) is 5.32. The van der Waals surface area contributed by atoms with Gasteiger partial charge in [-0.05, 0) is 52.3 Å². The Morgan fingerprint density at radius 3 is 2.63 bits per heavy atom. The van der Waals surface area contributed by atoms with Gasteiger partial charge in [-0.2, -0.15) is 0 Å². The van der Waals surface area contributed by atoms with Gasteiger partial charge in [0.25, 0.3) is 5.91 Å². The van der Waals surface area contributed by atoms with E-state index >= 15 is 0 Å². The van der Waals surface area contributed by atoms with Crippen LogP contribution in [0.15, 0.2) is 40.9 Å². The summed E-state index contributed by atoms with van der Waals surface area (Å²) in [5.41, 5.74) is 6.92. The maximum Gasteiger partial charge on any atom is 0.259 e. The molecule has 19 heavy (non-hydrogen) atoms. The molecule has 2 rings (SSSR count). The van der Waals surface area contributed by atoms with E-state index in [9.17, 15) is 9.90 Å². The smallest absolute Gasteiger partial charge is 0.259 e. The minimum absolute atomic E-state index is 0.144. The van der Waals surface area contributed by atoms with Crippen molar-refractivity contribution in [2.75, 3.05) is 11.1 Å². The van der Waals surface area contributed by atoms with E-state index in [1.807, 2.05) is 0 Å². The number of benzene rings is 2. The highest BCUT2D eigenvalue weighted by Crippen LogP contribution is 2.25. The third-order valence-corrected chi connectivity index (χ3v) is 3.42. The number of hydrogen-bond donors (Lipinski definition) is 3. The van der Waals surface area contributed by atoms with Crippen molar-refractivity contribution in [2.45, 2.75) is 0 Å². The minimum atomic E-state index is -0.434. The summed E-state index contributed by atoms with van der Waals surface area (Å²) in [7, 11) is 0. The molecule has 0 atom stereocenters. The van der Waals surface area contributed by atoms with Gasteiger partial charge in [0.15, 0.2) is 0 Å². The molecule has 4 nitrogen and oxygen atoms in total. The van der Waals surface area contributed by atoms with Gasteiger partial charge >= 0.3 is 0 Å². The fraction of sp³-hybridized carbons (Fsp3) is 0. The monoisotopic (exact) mass is 340 g/mol. The Labute approximate surface area is 123 Å². The fourth-order valence-corrected chi connectivity index (χ4v) is 1.93. The van der Waals surface area contributed by atoms with Crippen LogP contribution >= 0.6 is 27.5 Å². The van der Waals surface area contributed by atoms with Crippen LogP contribution in [0.3, 0.4) is 0 Å². The molecule has 2 aromatic carbocycles. The summed E-state index contributed by atoms with van der Waals surface area (Å²) in [6.45, 7) is 0. The summed E-state index contributed by atoms with van der Waals surface area (Å²) >= 11 is 8.97. The van der Waals surface area contributed by atoms with E-state index in [0.29, 0.717) is 16.4 Å². The number of aromatic hydroxyl groups is 1. The maximum atomic E-state index is 12.0. The van der Waals surface area contributed by atoms with Crippen molar-refractivity contribution in [3.8, 4) is 5.75 Å². The van der Waals surface area contributed by atoms with E-state index in [4.69, 9.17) is 17.3 Å². The van der Waals surface area contributed by atoms with Crippen LogP contribution in [-0.4, -0.2) is 11.0 Å². The predicted molar refractivity (Wildman–Crippen MR) is 79.6 cm³/mol. The van der Waals surface area contributed by atoms with E-state index in [1.54, 1.807) is 18.2 Å². The second-order valence-corrected chi connectivity index (χ2v) is 5.14. The maximum absolute atomic E-state index is 12.0. The molecule has 0 bridgehead atoms. The molecule has 0 aliphatic carbocycles. The summed E-state index contributed by atoms with van der Waals surface area (Å²) in [6.07, 6.45) is 0. The topological polar surface area (TPSA) is 75.3 Å². The van der Waals surface area contributed by atoms with E-state index < -0.39 is 5.91 Å². The first-order valence-corrected chi connectivity index (χ1v) is 6.49. The molecule has 98 valence electrons. The Hall–Kier alpha value is -1.72. The molecule has 1 amide bonds. The highest BCUT2D eigenvalue weighted by molar-refractivity contribution is 9.10. The number of amides is 1. The molecule has 0 saturated carbocycles. The molecule has 6 heteroatoms. The normalized spacial score (nSPS) is 10.2. The minimum Gasteiger partial charge on any atom is -0.507 e. The zero-order chi connectivity index (χ0) is 14.0. The summed E-state index contributed by atoms with van der Waals surface area (Å²) < 4.78 is 0.750. The van der Waals surface area contributed by atoms with Crippen molar-refractivity contribution in [3.05, 3.63) is 51.5 Å². The molecule has 0 aliphatic heterocycles. The number of nitrogens with one attached hydrogen (secondary N) is 1. The highest BCUT2D eigenvalue weighted by Gasteiger charge is 2.12. The molecule has 0 radical (unpaired) electrons. The Bertz CT molecular complexity index is 647. The Morgan fingerprint density at radius 1 is 1.26 bits per heavy atom. The van der Waals surface area contributed by atoms with Gasteiger partial charge in [0.2, 0.25) is 0 Å². The number of rotatable bonds is 2. The van der Waals surface area contributed by atoms with Crippen LogP contribution in [0.4, 0.5) is 11.4 Å². The molecule has 2 aromatic rings. The summed E-state index contributed by atoms with van der Waals surface area (Å²) in [6, 6.07) is 9.35. The number of hydrogen-bond acceptors (Lipinski definition) is 3. The zero-order valence-electron chi connectivity index (χ0n) is 9.65. The van der Waals surface area contributed by atoms with Crippen molar-refractivity contribution in [1.82, 2.24) is 0 Å². The van der Waals surface area contributed by atoms with Crippen molar-refractivity contribution < 1.29 is 9.90 Å². The summed E-state index contributed by atoms with van der Waals surface area (Å²) in [4.78, 5) is 12.0. The number of halogens is 2. The van der Waals surface area contributed by atoms with Crippen LogP contribution in [-0.2, 0) is 0 Å². The first kappa shape index (κ1) is 13.7. The van der Waals surface area contributed by atoms with Gasteiger partial charge in [0.05, 0.1) is 5.56 Å². The number of carbonyl (C=O) groups is 1. The molecule has 0 aromatic heterocycles. The number of anilines is 2. The Kier molecular flexibility index (Phi) is 3.97. The lowest BCUT2D eigenvalue weighted by Gasteiger charge is -2.08. The van der Waals surface area contributed by atoms with Crippen molar-refractivity contribution >= 4 is 44.8 Å². The molecular weight excluding hydrogens is 332 g/mol. The SMILES string of the molecule is Nc1cc(NC(=O)c2ccc(Cl)cc2O)ccc1Br. The van der Waals surface area contributed by atoms with Crippen LogP contribution in [0.25, 0.3) is 0 Å². The molecule has 0 saturated heterocycles. The van der Waals surface area contributed by atoms with E-state index in [2.05, 4.69) is 21.2 Å². The average Bonchev–Trinajstić information content (AvgIpc) is 2.33. The second kappa shape index (κ2) is 5.50. The Morgan fingerprint density at radius 2 is 2.00 bits per heavy atom. The standard InChI is InChI=1S/C13H10BrClN2O2/c14-10-4-2-8(6-11(10)16)17-13(19)9-3-1-7(15)5-12(9)18/h1-6,18H,16H2,(H,17,19). The highest BCUT2D eigenvalue weighted by atomic mass is 79.9. The lowest BCUT2D eigenvalue weighted by Crippen LogP contribution is -2.12. The van der Waals surface area contributed by atoms with Crippen molar-refractivity contribution in [3.63, 3.8) is 0 Å². The van der Waals surface area contributed by atoms with Gasteiger partial charge in [-0.15, -0.1) is 0 Å². The molecule has 0 fully saturated rings. The number of carbonyl (C=O) groups excluding carboxylic acids is 1. The molecule has 0 unspecified atom stereocenters. The first-order chi connectivity index (χ1) is 8.97. The number of nitrogen functional groups attached to an aromatic ring is 1. The number of phenols is 1. The van der Waals surface area contributed by atoms with E-state index in [1.165, 1.54) is 18.2 Å². The van der Waals surface area contributed by atoms with E-state index in [-0.39, 0.29) is 11.3 Å². The quantitative estimate of drug-likeness (QED) is 0.730. The van der Waals surface area contributed by atoms with Crippen molar-refractivity contribution in [2.24, 2.45) is 0 Å². The van der Waals surface area contributed by atoms with Gasteiger partial charge in [-0.3, -0.25) is 4.79 Å². The van der Waals surface area contributed by atoms with Crippen LogP contribution in [0, 0.1) is 0 Å². The van der Waals surface area contributed by atoms with Crippen molar-refractivity contribution in [1.29, 1.82) is 0 Å². The summed E-state index contributed by atoms with van der Waals surface area (Å²) in [5, 5.41) is 12.7. The largest absolute Gasteiger partial charge is 0.507 e. The third-order valence-electron chi connectivity index (χ3n) is 2.46. The lowest BCUT2D eigenvalue weighted by molar-refractivity contribution is 0.102. The number of phenolic OH excluding ortho intramolecular Hbond substituents is 1. The number of nitrogens with two attached hydrogens (primary N) is 1. The molecular formula is C13H10BrClN2O2. The summed E-state index contributed by atoms with van der Waals surface area (Å²) in [5.74, 6) is -0.606. The average molecular weight is 342 g/mol. The van der Waals surface area contributed by atoms with Gasteiger partial charge in [-0.25, -0.2) is 0 Å². The Balaban J connectivity index is 2.23. The molecule has 0 heterocycles. The van der Waals surface area contributed by atoms with Gasteiger partial charge in [0, 0.05) is 20.9 Å². The zero-order valence-corrected chi connectivity index (χ0v) is 12.0. The van der Waals surface area contributed by atoms with Gasteiger partial charge < -0.3 is 16.2 Å². The van der Waals surface area contributed by atoms with Crippen LogP contribution < -0.4 is 11.1 Å². The predicted octanol–water partition coefficient (Wildman–Crippen LogP) is 3.64.